The van der Waals surface area contributed by atoms with Crippen LogP contribution in [0.4, 0.5) is 10.5 Å². The first kappa shape index (κ1) is 15.5. The van der Waals surface area contributed by atoms with Crippen molar-refractivity contribution < 1.29 is 14.7 Å². The monoisotopic (exact) mass is 312 g/mol. The molecule has 2 heterocycles. The Morgan fingerprint density at radius 1 is 1.29 bits per heavy atom. The van der Waals surface area contributed by atoms with E-state index in [1.54, 1.807) is 15.9 Å². The predicted molar refractivity (Wildman–Crippen MR) is 78.1 cm³/mol. The number of piperazine rings is 1. The Morgan fingerprint density at radius 3 is 2.48 bits per heavy atom. The number of aliphatic hydroxyl groups excluding tert-OH is 1. The molecule has 1 fully saturated rings. The number of halogens is 1. The molecule has 7 nitrogen and oxygen atoms in total. The van der Waals surface area contributed by atoms with Crippen molar-refractivity contribution in [2.24, 2.45) is 0 Å². The molecule has 0 spiro atoms. The average molecular weight is 313 g/mol. The number of hydrogen-bond donors (Lipinski definition) is 2. The van der Waals surface area contributed by atoms with E-state index in [0.29, 0.717) is 36.9 Å². The van der Waals surface area contributed by atoms with Crippen molar-refractivity contribution in [3.8, 4) is 0 Å². The highest BCUT2D eigenvalue weighted by atomic mass is 35.5. The standard InChI is InChI=1S/C13H17ClN4O3/c1-9(19)12(20)17-2-4-18(5-3-17)13(21)16-11-6-10(14)7-15-8-11/h6-9,19H,2-5H2,1H3,(H,16,21). The fraction of sp³-hybridized carbons (Fsp3) is 0.462. The summed E-state index contributed by atoms with van der Waals surface area (Å²) >= 11 is 5.80. The summed E-state index contributed by atoms with van der Waals surface area (Å²) in [4.78, 5) is 30.8. The maximum Gasteiger partial charge on any atom is 0.322 e. The molecule has 2 N–H and O–H groups in total. The molecule has 0 aliphatic carbocycles. The SMILES string of the molecule is CC(O)C(=O)N1CCN(C(=O)Nc2cncc(Cl)c2)CC1. The largest absolute Gasteiger partial charge is 0.384 e. The third-order valence-corrected chi connectivity index (χ3v) is 3.40. The van der Waals surface area contributed by atoms with E-state index >= 15 is 0 Å². The Kier molecular flexibility index (Phi) is 4.98. The molecule has 1 aliphatic heterocycles. The van der Waals surface area contributed by atoms with Gasteiger partial charge in [0.25, 0.3) is 5.91 Å². The average Bonchev–Trinajstić information content (AvgIpc) is 2.46. The molecule has 0 radical (unpaired) electrons. The predicted octanol–water partition coefficient (Wildman–Crippen LogP) is 0.792. The number of aromatic nitrogens is 1. The summed E-state index contributed by atoms with van der Waals surface area (Å²) in [6.45, 7) is 3.08. The number of urea groups is 1. The number of pyridine rings is 1. The first-order chi connectivity index (χ1) is 9.97. The van der Waals surface area contributed by atoms with Crippen molar-refractivity contribution >= 4 is 29.2 Å². The second kappa shape index (κ2) is 6.73. The van der Waals surface area contributed by atoms with Crippen LogP contribution in [0.15, 0.2) is 18.5 Å². The summed E-state index contributed by atoms with van der Waals surface area (Å²) in [7, 11) is 0. The third-order valence-electron chi connectivity index (χ3n) is 3.19. The highest BCUT2D eigenvalue weighted by molar-refractivity contribution is 6.30. The van der Waals surface area contributed by atoms with Gasteiger partial charge >= 0.3 is 6.03 Å². The van der Waals surface area contributed by atoms with Crippen LogP contribution in [0.5, 0.6) is 0 Å². The lowest BCUT2D eigenvalue weighted by Gasteiger charge is -2.35. The Hall–Kier alpha value is -1.86. The van der Waals surface area contributed by atoms with Crippen LogP contribution in [-0.2, 0) is 4.79 Å². The van der Waals surface area contributed by atoms with E-state index in [1.807, 2.05) is 0 Å². The number of aliphatic hydroxyl groups is 1. The Bertz CT molecular complexity index is 530. The highest BCUT2D eigenvalue weighted by Crippen LogP contribution is 2.14. The van der Waals surface area contributed by atoms with Crippen LogP contribution in [0.3, 0.4) is 0 Å². The van der Waals surface area contributed by atoms with Gasteiger partial charge in [-0.05, 0) is 13.0 Å². The summed E-state index contributed by atoms with van der Waals surface area (Å²) in [5.74, 6) is -0.311. The third kappa shape index (κ3) is 4.05. The van der Waals surface area contributed by atoms with E-state index in [2.05, 4.69) is 10.3 Å². The van der Waals surface area contributed by atoms with Crippen LogP contribution in [-0.4, -0.2) is 64.1 Å². The summed E-state index contributed by atoms with van der Waals surface area (Å²) in [6, 6.07) is 1.35. The molecule has 114 valence electrons. The number of nitrogens with zero attached hydrogens (tertiary/aromatic N) is 3. The van der Waals surface area contributed by atoms with Crippen LogP contribution in [0.2, 0.25) is 5.02 Å². The summed E-state index contributed by atoms with van der Waals surface area (Å²) in [5.41, 5.74) is 0.523. The molecule has 1 aromatic rings. The lowest BCUT2D eigenvalue weighted by atomic mass is 10.2. The van der Waals surface area contributed by atoms with Gasteiger partial charge < -0.3 is 20.2 Å². The van der Waals surface area contributed by atoms with Crippen molar-refractivity contribution in [1.29, 1.82) is 0 Å². The maximum absolute atomic E-state index is 12.1. The molecule has 1 aliphatic rings. The lowest BCUT2D eigenvalue weighted by Crippen LogP contribution is -2.53. The number of anilines is 1. The van der Waals surface area contributed by atoms with E-state index in [-0.39, 0.29) is 11.9 Å². The number of carbonyl (C=O) groups is 2. The van der Waals surface area contributed by atoms with Gasteiger partial charge in [-0.1, -0.05) is 11.6 Å². The molecule has 0 saturated carbocycles. The van der Waals surface area contributed by atoms with Crippen LogP contribution in [0.1, 0.15) is 6.92 Å². The first-order valence-electron chi connectivity index (χ1n) is 6.60. The second-order valence-electron chi connectivity index (χ2n) is 4.81. The van der Waals surface area contributed by atoms with Gasteiger partial charge in [0, 0.05) is 32.4 Å². The van der Waals surface area contributed by atoms with Crippen LogP contribution < -0.4 is 5.32 Å². The molecule has 1 unspecified atom stereocenters. The zero-order valence-electron chi connectivity index (χ0n) is 11.6. The van der Waals surface area contributed by atoms with Crippen LogP contribution >= 0.6 is 11.6 Å². The van der Waals surface area contributed by atoms with Crippen molar-refractivity contribution in [3.63, 3.8) is 0 Å². The minimum absolute atomic E-state index is 0.261. The van der Waals surface area contributed by atoms with Crippen molar-refractivity contribution in [2.75, 3.05) is 31.5 Å². The quantitative estimate of drug-likeness (QED) is 0.845. The maximum atomic E-state index is 12.1. The van der Waals surface area contributed by atoms with Gasteiger partial charge in [-0.3, -0.25) is 9.78 Å². The minimum Gasteiger partial charge on any atom is -0.384 e. The summed E-state index contributed by atoms with van der Waals surface area (Å²) in [5, 5.41) is 12.4. The van der Waals surface area contributed by atoms with Gasteiger partial charge in [-0.25, -0.2) is 4.79 Å². The minimum atomic E-state index is -1.01. The molecule has 0 bridgehead atoms. The van der Waals surface area contributed by atoms with Gasteiger partial charge in [-0.2, -0.15) is 0 Å². The number of hydrogen-bond acceptors (Lipinski definition) is 4. The molecular weight excluding hydrogens is 296 g/mol. The Morgan fingerprint density at radius 2 is 1.90 bits per heavy atom. The second-order valence-corrected chi connectivity index (χ2v) is 5.25. The number of rotatable bonds is 2. The van der Waals surface area contributed by atoms with Gasteiger partial charge in [0.05, 0.1) is 16.9 Å². The molecule has 2 rings (SSSR count). The fourth-order valence-corrected chi connectivity index (χ4v) is 2.25. The van der Waals surface area contributed by atoms with Crippen molar-refractivity contribution in [3.05, 3.63) is 23.5 Å². The number of amides is 3. The molecule has 8 heteroatoms. The van der Waals surface area contributed by atoms with E-state index in [0.717, 1.165) is 0 Å². The van der Waals surface area contributed by atoms with Crippen molar-refractivity contribution in [1.82, 2.24) is 14.8 Å². The zero-order valence-corrected chi connectivity index (χ0v) is 12.4. The summed E-state index contributed by atoms with van der Waals surface area (Å²) < 4.78 is 0. The highest BCUT2D eigenvalue weighted by Gasteiger charge is 2.26. The zero-order chi connectivity index (χ0) is 15.4. The smallest absolute Gasteiger partial charge is 0.322 e. The van der Waals surface area contributed by atoms with E-state index in [4.69, 9.17) is 11.6 Å². The van der Waals surface area contributed by atoms with Crippen molar-refractivity contribution in [2.45, 2.75) is 13.0 Å². The fourth-order valence-electron chi connectivity index (χ4n) is 2.08. The summed E-state index contributed by atoms with van der Waals surface area (Å²) in [6.07, 6.45) is 1.98. The first-order valence-corrected chi connectivity index (χ1v) is 6.98. The van der Waals surface area contributed by atoms with Crippen LogP contribution in [0, 0.1) is 0 Å². The molecule has 3 amide bonds. The van der Waals surface area contributed by atoms with Gasteiger partial charge in [-0.15, -0.1) is 0 Å². The molecule has 1 aromatic heterocycles. The molecule has 0 aromatic carbocycles. The van der Waals surface area contributed by atoms with Gasteiger partial charge in [0.1, 0.15) is 6.10 Å². The lowest BCUT2D eigenvalue weighted by molar-refractivity contribution is -0.140. The number of carbonyl (C=O) groups excluding carboxylic acids is 2. The molecular formula is C13H17ClN4O3. The molecule has 1 atom stereocenters. The van der Waals surface area contributed by atoms with E-state index < -0.39 is 6.10 Å². The van der Waals surface area contributed by atoms with E-state index in [1.165, 1.54) is 19.3 Å². The van der Waals surface area contributed by atoms with Gasteiger partial charge in [0.15, 0.2) is 0 Å². The Labute approximate surface area is 127 Å². The van der Waals surface area contributed by atoms with Gasteiger partial charge in [0.2, 0.25) is 0 Å². The van der Waals surface area contributed by atoms with Crippen LogP contribution in [0.25, 0.3) is 0 Å². The molecule has 21 heavy (non-hydrogen) atoms. The van der Waals surface area contributed by atoms with E-state index in [9.17, 15) is 14.7 Å². The normalized spacial score (nSPS) is 16.5. The Balaban J connectivity index is 1.87. The molecule has 1 saturated heterocycles. The number of nitrogens with one attached hydrogen (secondary N) is 1. The topological polar surface area (TPSA) is 85.8 Å².